The Labute approximate surface area is 134 Å². The molecule has 4 nitrogen and oxygen atoms in total. The number of H-pyrrole nitrogens is 1. The number of carbonyl (C=O) groups excluding carboxylic acids is 1. The second-order valence-electron chi connectivity index (χ2n) is 6.36. The number of amides is 1. The van der Waals surface area contributed by atoms with Crippen molar-refractivity contribution >= 4 is 17.2 Å². The van der Waals surface area contributed by atoms with Crippen LogP contribution < -0.4 is 5.32 Å². The van der Waals surface area contributed by atoms with E-state index in [4.69, 9.17) is 0 Å². The summed E-state index contributed by atoms with van der Waals surface area (Å²) in [5.74, 6) is 0.722. The number of hydrogen-bond donors (Lipinski definition) is 2. The number of nitrogens with one attached hydrogen (secondary N) is 2. The lowest BCUT2D eigenvalue weighted by Gasteiger charge is -2.49. The quantitative estimate of drug-likeness (QED) is 0.915. The van der Waals surface area contributed by atoms with Crippen LogP contribution in [-0.2, 0) is 0 Å². The predicted molar refractivity (Wildman–Crippen MR) is 89.1 cm³/mol. The minimum Gasteiger partial charge on any atom is -0.361 e. The molecule has 0 spiro atoms. The Morgan fingerprint density at radius 2 is 2.14 bits per heavy atom. The molecule has 0 aromatic carbocycles. The zero-order valence-electron chi connectivity index (χ0n) is 12.7. The SMILES string of the molecule is CC1C(NC(=O)c2ccc(-c3ccc[nH]3)s2)C2CCN1CC2. The zero-order valence-corrected chi connectivity index (χ0v) is 13.5. The number of nitrogens with zero attached hydrogens (tertiary/aromatic N) is 1. The van der Waals surface area contributed by atoms with Crippen LogP contribution in [0.2, 0.25) is 0 Å². The molecule has 5 rings (SSSR count). The summed E-state index contributed by atoms with van der Waals surface area (Å²) in [6.45, 7) is 4.62. The van der Waals surface area contributed by atoms with E-state index in [9.17, 15) is 4.79 Å². The van der Waals surface area contributed by atoms with Crippen molar-refractivity contribution in [1.82, 2.24) is 15.2 Å². The normalized spacial score (nSPS) is 30.4. The predicted octanol–water partition coefficient (Wildman–Crippen LogP) is 2.96. The highest BCUT2D eigenvalue weighted by Crippen LogP contribution is 2.33. The van der Waals surface area contributed by atoms with Gasteiger partial charge in [-0.3, -0.25) is 9.69 Å². The van der Waals surface area contributed by atoms with Gasteiger partial charge in [-0.2, -0.15) is 0 Å². The number of thiophene rings is 1. The molecule has 0 aliphatic carbocycles. The Morgan fingerprint density at radius 3 is 2.82 bits per heavy atom. The van der Waals surface area contributed by atoms with Gasteiger partial charge >= 0.3 is 0 Å². The zero-order chi connectivity index (χ0) is 15.1. The Kier molecular flexibility index (Phi) is 3.54. The first kappa shape index (κ1) is 14.0. The monoisotopic (exact) mass is 315 g/mol. The van der Waals surface area contributed by atoms with Crippen molar-refractivity contribution in [2.45, 2.75) is 31.8 Å². The van der Waals surface area contributed by atoms with Crippen LogP contribution in [0.3, 0.4) is 0 Å². The van der Waals surface area contributed by atoms with Gasteiger partial charge in [-0.1, -0.05) is 0 Å². The molecule has 2 unspecified atom stereocenters. The minimum atomic E-state index is 0.0772. The molecule has 22 heavy (non-hydrogen) atoms. The second-order valence-corrected chi connectivity index (χ2v) is 7.44. The van der Waals surface area contributed by atoms with Gasteiger partial charge in [0.05, 0.1) is 15.4 Å². The average molecular weight is 315 g/mol. The standard InChI is InChI=1S/C17H21N3OS/c1-11-16(12-6-9-20(11)10-7-12)19-17(21)15-5-4-14(22-15)13-3-2-8-18-13/h2-5,8,11-12,16,18H,6-7,9-10H2,1H3,(H,19,21). The van der Waals surface area contributed by atoms with Gasteiger partial charge in [0.2, 0.25) is 0 Å². The van der Waals surface area contributed by atoms with Crippen LogP contribution in [0.1, 0.15) is 29.4 Å². The summed E-state index contributed by atoms with van der Waals surface area (Å²) in [6.07, 6.45) is 4.34. The highest BCUT2D eigenvalue weighted by Gasteiger charge is 2.40. The van der Waals surface area contributed by atoms with Crippen LogP contribution in [0.4, 0.5) is 0 Å². The summed E-state index contributed by atoms with van der Waals surface area (Å²) < 4.78 is 0. The van der Waals surface area contributed by atoms with Crippen molar-refractivity contribution in [2.24, 2.45) is 5.92 Å². The Hall–Kier alpha value is -1.59. The van der Waals surface area contributed by atoms with Crippen LogP contribution in [0.25, 0.3) is 10.6 Å². The molecule has 0 saturated carbocycles. The molecule has 3 saturated heterocycles. The maximum Gasteiger partial charge on any atom is 0.261 e. The van der Waals surface area contributed by atoms with E-state index in [0.29, 0.717) is 18.0 Å². The van der Waals surface area contributed by atoms with E-state index in [1.54, 1.807) is 11.3 Å². The van der Waals surface area contributed by atoms with Crippen molar-refractivity contribution in [3.8, 4) is 10.6 Å². The molecule has 2 aromatic rings. The summed E-state index contributed by atoms with van der Waals surface area (Å²) in [5, 5.41) is 3.29. The Morgan fingerprint density at radius 1 is 1.32 bits per heavy atom. The number of rotatable bonds is 3. The average Bonchev–Trinajstić information content (AvgIpc) is 3.21. The number of piperidine rings is 3. The molecule has 116 valence electrons. The lowest BCUT2D eigenvalue weighted by molar-refractivity contribution is 0.0218. The molecule has 5 heteroatoms. The van der Waals surface area contributed by atoms with Crippen LogP contribution in [0.15, 0.2) is 30.5 Å². The van der Waals surface area contributed by atoms with Crippen LogP contribution in [0.5, 0.6) is 0 Å². The molecule has 3 fully saturated rings. The van der Waals surface area contributed by atoms with E-state index < -0.39 is 0 Å². The largest absolute Gasteiger partial charge is 0.361 e. The van der Waals surface area contributed by atoms with Gasteiger partial charge in [0, 0.05) is 18.3 Å². The van der Waals surface area contributed by atoms with Crippen molar-refractivity contribution in [1.29, 1.82) is 0 Å². The Bertz CT molecular complexity index is 653. The third-order valence-electron chi connectivity index (χ3n) is 5.17. The molecular formula is C17H21N3OS. The van der Waals surface area contributed by atoms with Crippen molar-refractivity contribution < 1.29 is 4.79 Å². The minimum absolute atomic E-state index is 0.0772. The molecule has 2 N–H and O–H groups in total. The highest BCUT2D eigenvalue weighted by molar-refractivity contribution is 7.17. The molecule has 2 atom stereocenters. The third-order valence-corrected chi connectivity index (χ3v) is 6.29. The maximum absolute atomic E-state index is 12.6. The van der Waals surface area contributed by atoms with Crippen LogP contribution in [-0.4, -0.2) is 41.0 Å². The number of carbonyl (C=O) groups is 1. The molecule has 3 aliphatic heterocycles. The first-order chi connectivity index (χ1) is 10.7. The molecule has 5 heterocycles. The van der Waals surface area contributed by atoms with Gasteiger partial charge in [0.1, 0.15) is 0 Å². The molecule has 0 radical (unpaired) electrons. The number of aromatic amines is 1. The van der Waals surface area contributed by atoms with Gasteiger partial charge in [-0.25, -0.2) is 0 Å². The maximum atomic E-state index is 12.6. The second kappa shape index (κ2) is 5.56. The van der Waals surface area contributed by atoms with E-state index in [-0.39, 0.29) is 5.91 Å². The van der Waals surface area contributed by atoms with E-state index >= 15 is 0 Å². The van der Waals surface area contributed by atoms with Gasteiger partial charge in [-0.15, -0.1) is 11.3 Å². The van der Waals surface area contributed by atoms with E-state index in [2.05, 4.69) is 22.1 Å². The lowest BCUT2D eigenvalue weighted by atomic mass is 9.79. The molecular weight excluding hydrogens is 294 g/mol. The summed E-state index contributed by atoms with van der Waals surface area (Å²) in [7, 11) is 0. The fourth-order valence-corrected chi connectivity index (χ4v) is 4.75. The van der Waals surface area contributed by atoms with E-state index in [1.807, 2.05) is 30.5 Å². The lowest BCUT2D eigenvalue weighted by Crippen LogP contribution is -2.62. The van der Waals surface area contributed by atoms with Crippen LogP contribution >= 0.6 is 11.3 Å². The molecule has 3 aliphatic rings. The highest BCUT2D eigenvalue weighted by atomic mass is 32.1. The first-order valence-corrected chi connectivity index (χ1v) is 8.82. The number of aromatic nitrogens is 1. The van der Waals surface area contributed by atoms with Gasteiger partial charge in [-0.05, 0) is 63.0 Å². The van der Waals surface area contributed by atoms with Gasteiger partial charge in [0.15, 0.2) is 0 Å². The van der Waals surface area contributed by atoms with Crippen molar-refractivity contribution in [2.75, 3.05) is 13.1 Å². The summed E-state index contributed by atoms with van der Waals surface area (Å²) in [5.41, 5.74) is 1.07. The fraction of sp³-hybridized carbons (Fsp3) is 0.471. The van der Waals surface area contributed by atoms with Crippen molar-refractivity contribution in [3.63, 3.8) is 0 Å². The smallest absolute Gasteiger partial charge is 0.261 e. The summed E-state index contributed by atoms with van der Waals surface area (Å²) in [4.78, 5) is 20.2. The summed E-state index contributed by atoms with van der Waals surface area (Å²) >= 11 is 1.55. The molecule has 1 amide bonds. The van der Waals surface area contributed by atoms with E-state index in [0.717, 1.165) is 15.4 Å². The number of fused-ring (bicyclic) bond motifs is 3. The number of hydrogen-bond acceptors (Lipinski definition) is 3. The van der Waals surface area contributed by atoms with Crippen LogP contribution in [0, 0.1) is 5.92 Å². The fourth-order valence-electron chi connectivity index (χ4n) is 3.86. The first-order valence-electron chi connectivity index (χ1n) is 8.01. The van der Waals surface area contributed by atoms with Crippen molar-refractivity contribution in [3.05, 3.63) is 35.3 Å². The Balaban J connectivity index is 1.48. The molecule has 2 bridgehead atoms. The van der Waals surface area contributed by atoms with Gasteiger partial charge in [0.25, 0.3) is 5.91 Å². The molecule has 2 aromatic heterocycles. The topological polar surface area (TPSA) is 48.1 Å². The third kappa shape index (κ3) is 2.38. The summed E-state index contributed by atoms with van der Waals surface area (Å²) in [6, 6.07) is 8.71. The van der Waals surface area contributed by atoms with Gasteiger partial charge < -0.3 is 10.3 Å². The van der Waals surface area contributed by atoms with E-state index in [1.165, 1.54) is 25.9 Å².